The highest BCUT2D eigenvalue weighted by Gasteiger charge is 2.43. The van der Waals surface area contributed by atoms with E-state index in [9.17, 15) is 19.2 Å². The van der Waals surface area contributed by atoms with Gasteiger partial charge in [-0.15, -0.1) is 0 Å². The first-order valence-corrected chi connectivity index (χ1v) is 12.1. The Morgan fingerprint density at radius 3 is 2.36 bits per heavy atom. The number of fused-ring (bicyclic) bond motifs is 1. The predicted octanol–water partition coefficient (Wildman–Crippen LogP) is 3.57. The molecular formula is C27H28N4O5. The molecule has 9 nitrogen and oxygen atoms in total. The van der Waals surface area contributed by atoms with E-state index in [1.54, 1.807) is 23.1 Å². The number of pyridine rings is 1. The Bertz CT molecular complexity index is 1410. The highest BCUT2D eigenvalue weighted by atomic mass is 16.4. The molecule has 9 heteroatoms. The molecule has 0 unspecified atom stereocenters. The number of amides is 1. The van der Waals surface area contributed by atoms with E-state index in [0.29, 0.717) is 43.6 Å². The molecule has 3 aromatic rings. The van der Waals surface area contributed by atoms with Crippen LogP contribution in [0.25, 0.3) is 11.3 Å². The normalized spacial score (nSPS) is 16.9. The summed E-state index contributed by atoms with van der Waals surface area (Å²) in [5.41, 5.74) is 2.63. The largest absolute Gasteiger partial charge is 0.478 e. The number of rotatable bonds is 4. The molecule has 1 aliphatic carbocycles. The zero-order chi connectivity index (χ0) is 25.6. The lowest BCUT2D eigenvalue weighted by Crippen LogP contribution is -2.46. The molecular weight excluding hydrogens is 460 g/mol. The molecule has 2 aromatic heterocycles. The lowest BCUT2D eigenvalue weighted by Gasteiger charge is -2.43. The number of carbonyl (C=O) groups excluding carboxylic acids is 2. The van der Waals surface area contributed by atoms with E-state index in [4.69, 9.17) is 5.11 Å². The molecule has 0 saturated carbocycles. The number of carboxylic acids is 1. The van der Waals surface area contributed by atoms with Crippen molar-refractivity contribution in [2.24, 2.45) is 5.41 Å². The summed E-state index contributed by atoms with van der Waals surface area (Å²) in [7, 11) is 0. The van der Waals surface area contributed by atoms with Crippen molar-refractivity contribution >= 4 is 17.7 Å². The van der Waals surface area contributed by atoms with Crippen LogP contribution in [0.2, 0.25) is 0 Å². The Balaban J connectivity index is 1.32. The molecule has 3 heterocycles. The lowest BCUT2D eigenvalue weighted by atomic mass is 9.67. The number of likely N-dealkylation sites (tertiary alicyclic amines) is 1. The van der Waals surface area contributed by atoms with Crippen molar-refractivity contribution in [3.05, 3.63) is 75.3 Å². The Morgan fingerprint density at radius 1 is 1.03 bits per heavy atom. The summed E-state index contributed by atoms with van der Waals surface area (Å²) in [6.07, 6.45) is 4.48. The monoisotopic (exact) mass is 488 g/mol. The maximum Gasteiger partial charge on any atom is 0.335 e. The number of aromatic nitrogens is 3. The highest BCUT2D eigenvalue weighted by Crippen LogP contribution is 2.44. The Kier molecular flexibility index (Phi) is 5.86. The molecule has 5 rings (SSSR count). The van der Waals surface area contributed by atoms with Gasteiger partial charge in [-0.2, -0.15) is 5.10 Å². The number of H-pyrrole nitrogens is 1. The first-order valence-electron chi connectivity index (χ1n) is 12.1. The second-order valence-electron chi connectivity index (χ2n) is 10.2. The van der Waals surface area contributed by atoms with Crippen LogP contribution in [0.4, 0.5) is 0 Å². The van der Waals surface area contributed by atoms with Crippen molar-refractivity contribution in [3.8, 4) is 11.3 Å². The highest BCUT2D eigenvalue weighted by molar-refractivity contribution is 5.98. The van der Waals surface area contributed by atoms with Crippen molar-refractivity contribution in [2.45, 2.75) is 45.6 Å². The van der Waals surface area contributed by atoms with Gasteiger partial charge in [-0.05, 0) is 62.3 Å². The summed E-state index contributed by atoms with van der Waals surface area (Å²) in [6, 6.07) is 9.15. The van der Waals surface area contributed by atoms with Crippen molar-refractivity contribution in [2.75, 3.05) is 13.1 Å². The number of hydrogen-bond acceptors (Lipinski definition) is 5. The molecule has 0 bridgehead atoms. The van der Waals surface area contributed by atoms with Gasteiger partial charge in [0.25, 0.3) is 5.91 Å². The molecule has 1 aliphatic heterocycles. The van der Waals surface area contributed by atoms with Gasteiger partial charge in [0, 0.05) is 48.4 Å². The van der Waals surface area contributed by atoms with Gasteiger partial charge in [-0.3, -0.25) is 19.1 Å². The van der Waals surface area contributed by atoms with Gasteiger partial charge in [0.1, 0.15) is 5.69 Å². The minimum atomic E-state index is -1.04. The van der Waals surface area contributed by atoms with Gasteiger partial charge in [0.15, 0.2) is 5.78 Å². The zero-order valence-corrected chi connectivity index (χ0v) is 20.3. The molecule has 2 aliphatic rings. The molecule has 1 spiro atoms. The molecule has 186 valence electrons. The predicted molar refractivity (Wildman–Crippen MR) is 132 cm³/mol. The SMILES string of the molecule is CC(C)n1ncc2c1C(=O)CC1(CCN(C(=O)c3cc(-c4ccc(C(=O)O)cc4)[nH]c(=O)c3)CC1)C2. The molecule has 0 atom stereocenters. The van der Waals surface area contributed by atoms with Crippen LogP contribution in [0.3, 0.4) is 0 Å². The van der Waals surface area contributed by atoms with Crippen LogP contribution in [0.5, 0.6) is 0 Å². The molecule has 1 fully saturated rings. The number of aromatic amines is 1. The third-order valence-electron chi connectivity index (χ3n) is 7.37. The summed E-state index contributed by atoms with van der Waals surface area (Å²) in [6.45, 7) is 5.05. The van der Waals surface area contributed by atoms with E-state index < -0.39 is 11.5 Å². The fraction of sp³-hybridized carbons (Fsp3) is 0.370. The number of nitrogens with zero attached hydrogens (tertiary/aromatic N) is 3. The number of carboxylic acid groups (broad SMARTS) is 1. The van der Waals surface area contributed by atoms with Gasteiger partial charge < -0.3 is 15.0 Å². The van der Waals surface area contributed by atoms with Crippen LogP contribution in [-0.4, -0.2) is 55.5 Å². The van der Waals surface area contributed by atoms with Crippen molar-refractivity contribution < 1.29 is 19.5 Å². The number of nitrogens with one attached hydrogen (secondary N) is 1. The van der Waals surface area contributed by atoms with Crippen molar-refractivity contribution in [3.63, 3.8) is 0 Å². The number of ketones is 1. The number of hydrogen-bond donors (Lipinski definition) is 2. The van der Waals surface area contributed by atoms with E-state index in [0.717, 1.165) is 17.7 Å². The van der Waals surface area contributed by atoms with Gasteiger partial charge in [0.05, 0.1) is 11.8 Å². The van der Waals surface area contributed by atoms with Gasteiger partial charge in [0.2, 0.25) is 5.56 Å². The fourth-order valence-electron chi connectivity index (χ4n) is 5.45. The first-order chi connectivity index (χ1) is 17.2. The number of Topliss-reactive ketones (excluding diaryl/α,β-unsaturated/α-hetero) is 1. The van der Waals surface area contributed by atoms with Crippen molar-refractivity contribution in [1.29, 1.82) is 0 Å². The summed E-state index contributed by atoms with van der Waals surface area (Å²) in [5, 5.41) is 13.5. The number of carbonyl (C=O) groups is 3. The second-order valence-corrected chi connectivity index (χ2v) is 10.2. The summed E-state index contributed by atoms with van der Waals surface area (Å²) in [5.74, 6) is -1.14. The first kappa shape index (κ1) is 23.7. The van der Waals surface area contributed by atoms with Gasteiger partial charge in [-0.25, -0.2) is 4.79 Å². The Morgan fingerprint density at radius 2 is 1.72 bits per heavy atom. The van der Waals surface area contributed by atoms with Crippen LogP contribution in [0.15, 0.2) is 47.4 Å². The minimum Gasteiger partial charge on any atom is -0.478 e. The summed E-state index contributed by atoms with van der Waals surface area (Å²) in [4.78, 5) is 54.2. The van der Waals surface area contributed by atoms with Crippen LogP contribution in [0, 0.1) is 5.41 Å². The molecule has 0 radical (unpaired) electrons. The number of aromatic carboxylic acids is 1. The number of piperidine rings is 1. The third-order valence-corrected chi connectivity index (χ3v) is 7.37. The average molecular weight is 489 g/mol. The van der Waals surface area contributed by atoms with Crippen LogP contribution >= 0.6 is 0 Å². The van der Waals surface area contributed by atoms with Gasteiger partial charge >= 0.3 is 5.97 Å². The second kappa shape index (κ2) is 8.89. The number of benzene rings is 1. The summed E-state index contributed by atoms with van der Waals surface area (Å²) >= 11 is 0. The Labute approximate surface area is 207 Å². The fourth-order valence-corrected chi connectivity index (χ4v) is 5.45. The minimum absolute atomic E-state index is 0.121. The van der Waals surface area contributed by atoms with Gasteiger partial charge in [-0.1, -0.05) is 12.1 Å². The molecule has 2 N–H and O–H groups in total. The van der Waals surface area contributed by atoms with Crippen LogP contribution < -0.4 is 5.56 Å². The maximum absolute atomic E-state index is 13.3. The zero-order valence-electron chi connectivity index (χ0n) is 20.3. The van der Waals surface area contributed by atoms with E-state index in [1.807, 2.05) is 24.7 Å². The third kappa shape index (κ3) is 4.25. The molecule has 36 heavy (non-hydrogen) atoms. The topological polar surface area (TPSA) is 125 Å². The lowest BCUT2D eigenvalue weighted by molar-refractivity contribution is 0.0516. The maximum atomic E-state index is 13.3. The van der Waals surface area contributed by atoms with E-state index in [2.05, 4.69) is 10.1 Å². The van der Waals surface area contributed by atoms with Crippen molar-refractivity contribution in [1.82, 2.24) is 19.7 Å². The van der Waals surface area contributed by atoms with Crippen LogP contribution in [-0.2, 0) is 6.42 Å². The quantitative estimate of drug-likeness (QED) is 0.578. The molecule has 1 saturated heterocycles. The standard InChI is InChI=1S/C27H28N4O5/c1-16(2)31-24-20(15-28-31)13-27(14-22(24)32)7-9-30(10-8-27)25(34)19-11-21(29-23(33)12-19)17-3-5-18(6-4-17)26(35)36/h3-6,11-12,15-16H,7-10,13-14H2,1-2H3,(H,29,33)(H,35,36). The van der Waals surface area contributed by atoms with E-state index in [1.165, 1.54) is 18.2 Å². The van der Waals surface area contributed by atoms with Crippen LogP contribution in [0.1, 0.15) is 75.9 Å². The summed E-state index contributed by atoms with van der Waals surface area (Å²) < 4.78 is 1.81. The smallest absolute Gasteiger partial charge is 0.335 e. The Hall–Kier alpha value is -4.01. The molecule has 1 amide bonds. The molecule has 1 aromatic carbocycles. The average Bonchev–Trinajstić information content (AvgIpc) is 3.28. The van der Waals surface area contributed by atoms with E-state index >= 15 is 0 Å². The van der Waals surface area contributed by atoms with E-state index in [-0.39, 0.29) is 34.3 Å².